The van der Waals surface area contributed by atoms with Gasteiger partial charge in [0.25, 0.3) is 0 Å². The molecule has 1 aliphatic heterocycles. The molecule has 2 aromatic heterocycles. The third kappa shape index (κ3) is 6.17. The monoisotopic (exact) mass is 539 g/mol. The van der Waals surface area contributed by atoms with E-state index < -0.39 is 17.9 Å². The van der Waals surface area contributed by atoms with Crippen molar-refractivity contribution in [3.05, 3.63) is 48.4 Å². The highest BCUT2D eigenvalue weighted by Crippen LogP contribution is 2.36. The van der Waals surface area contributed by atoms with Crippen molar-refractivity contribution in [1.82, 2.24) is 24.8 Å². The number of nitrogens with one attached hydrogen (secondary N) is 2. The van der Waals surface area contributed by atoms with Crippen LogP contribution in [0.15, 0.2) is 42.9 Å². The van der Waals surface area contributed by atoms with Gasteiger partial charge in [-0.15, -0.1) is 0 Å². The lowest BCUT2D eigenvalue weighted by atomic mass is 9.87. The highest BCUT2D eigenvalue weighted by atomic mass is 16.6. The summed E-state index contributed by atoms with van der Waals surface area (Å²) in [5.41, 5.74) is 7.28. The van der Waals surface area contributed by atoms with Crippen LogP contribution >= 0.6 is 0 Å². The van der Waals surface area contributed by atoms with Crippen molar-refractivity contribution < 1.29 is 19.7 Å². The number of anilines is 2. The predicted octanol–water partition coefficient (Wildman–Crippen LogP) is 2.64. The Morgan fingerprint density at radius 3 is 2.56 bits per heavy atom. The molecule has 0 bridgehead atoms. The number of hydrogen-bond donors (Lipinski definition) is 5. The molecule has 1 aliphatic rings. The van der Waals surface area contributed by atoms with E-state index in [2.05, 4.69) is 60.1 Å². The summed E-state index contributed by atoms with van der Waals surface area (Å²) >= 11 is 0. The standard InChI is InChI=1S/C28H41N7O4/c1-18(2)34(13-6-12-30-26(38)33-20-9-7-19(8-10-20)27(3,4)5)16-28(23(37)22(36)15-39-28)35-14-11-21-24(29)31-17-32-25(21)35/h7-11,14,17-18,22-23,36-37H,6,12-13,15-16H2,1-5H3,(H2,29,31,32)(H2,30,33,38)/t22-,23+,28-/m1/s1. The second-order valence-corrected chi connectivity index (χ2v) is 11.5. The van der Waals surface area contributed by atoms with Crippen LogP contribution in [0.3, 0.4) is 0 Å². The Morgan fingerprint density at radius 2 is 1.95 bits per heavy atom. The smallest absolute Gasteiger partial charge is 0.319 e. The second-order valence-electron chi connectivity index (χ2n) is 11.5. The molecule has 2 amide bonds. The number of nitrogens with two attached hydrogens (primary N) is 1. The molecule has 0 radical (unpaired) electrons. The zero-order chi connectivity index (χ0) is 28.4. The highest BCUT2D eigenvalue weighted by Gasteiger charge is 2.52. The Labute approximate surface area is 229 Å². The van der Waals surface area contributed by atoms with Crippen molar-refractivity contribution in [3.8, 4) is 0 Å². The molecule has 3 atom stereocenters. The number of ether oxygens (including phenoxy) is 1. The quantitative estimate of drug-likeness (QED) is 0.260. The molecule has 4 rings (SSSR count). The molecule has 0 spiro atoms. The zero-order valence-corrected chi connectivity index (χ0v) is 23.4. The van der Waals surface area contributed by atoms with Crippen LogP contribution in [0.1, 0.15) is 46.6 Å². The van der Waals surface area contributed by atoms with E-state index in [1.807, 2.05) is 24.3 Å². The van der Waals surface area contributed by atoms with Crippen molar-refractivity contribution in [2.24, 2.45) is 0 Å². The van der Waals surface area contributed by atoms with Gasteiger partial charge in [-0.3, -0.25) is 9.47 Å². The number of aromatic nitrogens is 3. The van der Waals surface area contributed by atoms with Crippen molar-refractivity contribution in [2.75, 3.05) is 37.3 Å². The average Bonchev–Trinajstić information content (AvgIpc) is 3.44. The van der Waals surface area contributed by atoms with Crippen LogP contribution in [0.5, 0.6) is 0 Å². The summed E-state index contributed by atoms with van der Waals surface area (Å²) in [5.74, 6) is 0.331. The molecule has 3 aromatic rings. The van der Waals surface area contributed by atoms with Crippen LogP contribution in [0.25, 0.3) is 11.0 Å². The molecular formula is C28H41N7O4. The first kappa shape index (κ1) is 28.8. The van der Waals surface area contributed by atoms with Gasteiger partial charge in [0.15, 0.2) is 5.72 Å². The molecule has 212 valence electrons. The Kier molecular flexibility index (Phi) is 8.45. The number of urea groups is 1. The van der Waals surface area contributed by atoms with Gasteiger partial charge in [0.1, 0.15) is 30.0 Å². The average molecular weight is 540 g/mol. The number of amides is 2. The number of fused-ring (bicyclic) bond motifs is 1. The Hall–Kier alpha value is -3.25. The number of nitrogen functional groups attached to an aromatic ring is 1. The Bertz CT molecular complexity index is 1270. The molecule has 39 heavy (non-hydrogen) atoms. The fourth-order valence-corrected chi connectivity index (χ4v) is 4.93. The van der Waals surface area contributed by atoms with Gasteiger partial charge in [0.2, 0.25) is 0 Å². The first-order valence-electron chi connectivity index (χ1n) is 13.4. The summed E-state index contributed by atoms with van der Waals surface area (Å²) in [4.78, 5) is 23.0. The highest BCUT2D eigenvalue weighted by molar-refractivity contribution is 5.89. The van der Waals surface area contributed by atoms with Crippen molar-refractivity contribution in [3.63, 3.8) is 0 Å². The van der Waals surface area contributed by atoms with Crippen LogP contribution in [-0.2, 0) is 15.9 Å². The number of aliphatic hydroxyl groups excluding tert-OH is 2. The number of benzene rings is 1. The van der Waals surface area contributed by atoms with E-state index in [0.717, 1.165) is 5.69 Å². The summed E-state index contributed by atoms with van der Waals surface area (Å²) in [5, 5.41) is 28.0. The third-order valence-corrected chi connectivity index (χ3v) is 7.33. The molecular weight excluding hydrogens is 498 g/mol. The maximum absolute atomic E-state index is 12.4. The first-order valence-corrected chi connectivity index (χ1v) is 13.4. The minimum Gasteiger partial charge on any atom is -0.388 e. The minimum atomic E-state index is -1.27. The molecule has 0 aliphatic carbocycles. The molecule has 1 saturated heterocycles. The SMILES string of the molecule is CC(C)N(CCCNC(=O)Nc1ccc(C(C)(C)C)cc1)C[C@@]1(n2ccc3c(N)ncnc32)OC[C@@H](O)[C@@H]1O. The lowest BCUT2D eigenvalue weighted by molar-refractivity contribution is -0.140. The molecule has 1 aromatic carbocycles. The van der Waals surface area contributed by atoms with Crippen molar-refractivity contribution >= 4 is 28.6 Å². The third-order valence-electron chi connectivity index (χ3n) is 7.33. The van der Waals surface area contributed by atoms with Crippen LogP contribution < -0.4 is 16.4 Å². The number of rotatable bonds is 9. The van der Waals surface area contributed by atoms with E-state index in [4.69, 9.17) is 10.5 Å². The van der Waals surface area contributed by atoms with Gasteiger partial charge in [0, 0.05) is 37.6 Å². The summed E-state index contributed by atoms with van der Waals surface area (Å²) in [6.45, 7) is 11.9. The van der Waals surface area contributed by atoms with Gasteiger partial charge in [-0.2, -0.15) is 0 Å². The molecule has 0 saturated carbocycles. The van der Waals surface area contributed by atoms with Crippen LogP contribution in [0, 0.1) is 0 Å². The van der Waals surface area contributed by atoms with E-state index >= 15 is 0 Å². The number of nitrogens with zero attached hydrogens (tertiary/aromatic N) is 4. The lowest BCUT2D eigenvalue weighted by Crippen LogP contribution is -2.54. The minimum absolute atomic E-state index is 0.00814. The molecule has 6 N–H and O–H groups in total. The summed E-state index contributed by atoms with van der Waals surface area (Å²) in [6, 6.07) is 9.49. The second kappa shape index (κ2) is 11.5. The van der Waals surface area contributed by atoms with Gasteiger partial charge < -0.3 is 31.3 Å². The van der Waals surface area contributed by atoms with Crippen LogP contribution in [0.4, 0.5) is 16.3 Å². The van der Waals surface area contributed by atoms with Crippen molar-refractivity contribution in [2.45, 2.75) is 70.4 Å². The van der Waals surface area contributed by atoms with Gasteiger partial charge in [-0.25, -0.2) is 14.8 Å². The molecule has 3 heterocycles. The van der Waals surface area contributed by atoms with Gasteiger partial charge in [-0.1, -0.05) is 32.9 Å². The maximum Gasteiger partial charge on any atom is 0.319 e. The zero-order valence-electron chi connectivity index (χ0n) is 23.4. The summed E-state index contributed by atoms with van der Waals surface area (Å²) < 4.78 is 7.86. The topological polar surface area (TPSA) is 151 Å². The Balaban J connectivity index is 1.39. The fourth-order valence-electron chi connectivity index (χ4n) is 4.93. The Morgan fingerprint density at radius 1 is 1.23 bits per heavy atom. The predicted molar refractivity (Wildman–Crippen MR) is 151 cm³/mol. The van der Waals surface area contributed by atoms with E-state index in [9.17, 15) is 15.0 Å². The number of carbonyl (C=O) groups excluding carboxylic acids is 1. The van der Waals surface area contributed by atoms with Crippen LogP contribution in [-0.4, -0.2) is 80.2 Å². The molecule has 1 fully saturated rings. The van der Waals surface area contributed by atoms with E-state index in [1.54, 1.807) is 16.8 Å². The maximum atomic E-state index is 12.4. The van der Waals surface area contributed by atoms with E-state index in [-0.39, 0.29) is 24.1 Å². The van der Waals surface area contributed by atoms with Crippen molar-refractivity contribution in [1.29, 1.82) is 0 Å². The summed E-state index contributed by atoms with van der Waals surface area (Å²) in [6.07, 6.45) is 1.58. The first-order chi connectivity index (χ1) is 18.4. The van der Waals surface area contributed by atoms with Gasteiger partial charge >= 0.3 is 6.03 Å². The number of hydrogen-bond acceptors (Lipinski definition) is 8. The summed E-state index contributed by atoms with van der Waals surface area (Å²) in [7, 11) is 0. The largest absolute Gasteiger partial charge is 0.388 e. The van der Waals surface area contributed by atoms with Gasteiger partial charge in [-0.05, 0) is 49.4 Å². The molecule has 0 unspecified atom stereocenters. The van der Waals surface area contributed by atoms with E-state index in [1.165, 1.54) is 11.9 Å². The van der Waals surface area contributed by atoms with E-state index in [0.29, 0.717) is 42.9 Å². The fraction of sp³-hybridized carbons (Fsp3) is 0.536. The normalized spacial score (nSPS) is 21.7. The number of carbonyl (C=O) groups is 1. The lowest BCUT2D eigenvalue weighted by Gasteiger charge is -2.40. The molecule has 11 heteroatoms. The van der Waals surface area contributed by atoms with Crippen LogP contribution in [0.2, 0.25) is 0 Å². The number of aliphatic hydroxyl groups is 2. The van der Waals surface area contributed by atoms with Gasteiger partial charge in [0.05, 0.1) is 12.0 Å². The molecule has 11 nitrogen and oxygen atoms in total.